The van der Waals surface area contributed by atoms with Crippen LogP contribution in [-0.2, 0) is 14.4 Å². The van der Waals surface area contributed by atoms with Gasteiger partial charge in [-0.1, -0.05) is 42.2 Å². The number of likely N-dealkylation sites (N-methyl/N-ethyl adjacent to an activating group) is 1. The van der Waals surface area contributed by atoms with Gasteiger partial charge in [-0.15, -0.1) is 0 Å². The first-order valence-electron chi connectivity index (χ1n) is 10.2. The highest BCUT2D eigenvalue weighted by Crippen LogP contribution is 2.44. The van der Waals surface area contributed by atoms with Gasteiger partial charge in [0.2, 0.25) is 5.91 Å². The fourth-order valence-electron chi connectivity index (χ4n) is 3.62. The number of ether oxygens (including phenoxy) is 1. The van der Waals surface area contributed by atoms with Crippen molar-refractivity contribution in [2.24, 2.45) is 0 Å². The van der Waals surface area contributed by atoms with Crippen molar-refractivity contribution in [3.05, 3.63) is 59.0 Å². The lowest BCUT2D eigenvalue weighted by molar-refractivity contribution is -0.122. The van der Waals surface area contributed by atoms with Crippen molar-refractivity contribution >= 4 is 63.0 Å². The van der Waals surface area contributed by atoms with E-state index in [1.54, 1.807) is 48.5 Å². The standard InChI is InChI=1S/C23H21N3O4S2/c1-3-25-22(29)20(32-23(25)31)19-16-7-5-6-8-17(16)26(21(19)28)13-18(27)24-14-9-11-15(12-10-14)30-4-2/h5-12H,3-4,13H2,1-2H3,(H,24,27). The van der Waals surface area contributed by atoms with Crippen LogP contribution in [-0.4, -0.2) is 46.6 Å². The summed E-state index contributed by atoms with van der Waals surface area (Å²) in [7, 11) is 0. The van der Waals surface area contributed by atoms with Crippen molar-refractivity contribution in [3.8, 4) is 5.75 Å². The Morgan fingerprint density at radius 1 is 1.03 bits per heavy atom. The summed E-state index contributed by atoms with van der Waals surface area (Å²) < 4.78 is 5.83. The predicted octanol–water partition coefficient (Wildman–Crippen LogP) is 3.66. The summed E-state index contributed by atoms with van der Waals surface area (Å²) in [6.07, 6.45) is 0. The van der Waals surface area contributed by atoms with Crippen molar-refractivity contribution in [3.63, 3.8) is 0 Å². The fourth-order valence-corrected chi connectivity index (χ4v) is 5.08. The molecule has 7 nitrogen and oxygen atoms in total. The zero-order valence-corrected chi connectivity index (χ0v) is 19.2. The predicted molar refractivity (Wildman–Crippen MR) is 130 cm³/mol. The van der Waals surface area contributed by atoms with Gasteiger partial charge in [0, 0.05) is 17.8 Å². The number of hydrogen-bond donors (Lipinski definition) is 1. The lowest BCUT2D eigenvalue weighted by Gasteiger charge is -2.17. The third-order valence-corrected chi connectivity index (χ3v) is 6.51. The number of thioether (sulfide) groups is 1. The number of hydrogen-bond acceptors (Lipinski definition) is 6. The van der Waals surface area contributed by atoms with Gasteiger partial charge in [-0.25, -0.2) is 0 Å². The van der Waals surface area contributed by atoms with Gasteiger partial charge in [0.15, 0.2) is 0 Å². The normalized spacial score (nSPS) is 17.8. The highest BCUT2D eigenvalue weighted by Gasteiger charge is 2.41. The van der Waals surface area contributed by atoms with E-state index < -0.39 is 0 Å². The van der Waals surface area contributed by atoms with Crippen molar-refractivity contribution < 1.29 is 19.1 Å². The molecule has 9 heteroatoms. The van der Waals surface area contributed by atoms with Crippen LogP contribution in [0.25, 0.3) is 5.57 Å². The Bertz CT molecular complexity index is 1140. The Hall–Kier alpha value is -3.17. The van der Waals surface area contributed by atoms with E-state index in [0.29, 0.717) is 50.6 Å². The summed E-state index contributed by atoms with van der Waals surface area (Å²) in [6.45, 7) is 4.54. The minimum absolute atomic E-state index is 0.180. The van der Waals surface area contributed by atoms with Crippen LogP contribution in [0.1, 0.15) is 19.4 Å². The SMILES string of the molecule is CCOc1ccc(NC(=O)CN2C(=O)C(=C3SC(=S)N(CC)C3=O)c3ccccc32)cc1. The number of amides is 3. The van der Waals surface area contributed by atoms with Crippen LogP contribution in [0.4, 0.5) is 11.4 Å². The summed E-state index contributed by atoms with van der Waals surface area (Å²) in [5.41, 5.74) is 2.12. The van der Waals surface area contributed by atoms with E-state index in [1.165, 1.54) is 9.80 Å². The fraction of sp³-hybridized carbons (Fsp3) is 0.217. The number of carbonyl (C=O) groups is 3. The van der Waals surface area contributed by atoms with Crippen LogP contribution < -0.4 is 15.0 Å². The molecule has 0 aromatic heterocycles. The Kier molecular flexibility index (Phi) is 6.29. The first kappa shape index (κ1) is 22.0. The highest BCUT2D eigenvalue weighted by molar-refractivity contribution is 8.26. The Balaban J connectivity index is 1.58. The second-order valence-electron chi connectivity index (χ2n) is 7.04. The summed E-state index contributed by atoms with van der Waals surface area (Å²) in [5.74, 6) is -0.297. The van der Waals surface area contributed by atoms with Crippen molar-refractivity contribution in [2.75, 3.05) is 29.9 Å². The number of fused-ring (bicyclic) bond motifs is 1. The molecule has 0 aliphatic carbocycles. The topological polar surface area (TPSA) is 79.0 Å². The minimum atomic E-state index is -0.385. The summed E-state index contributed by atoms with van der Waals surface area (Å²) in [6, 6.07) is 14.2. The van der Waals surface area contributed by atoms with Gasteiger partial charge in [0.25, 0.3) is 11.8 Å². The van der Waals surface area contributed by atoms with E-state index in [1.807, 2.05) is 13.8 Å². The molecule has 2 aromatic rings. The quantitative estimate of drug-likeness (QED) is 0.516. The van der Waals surface area contributed by atoms with Gasteiger partial charge in [-0.3, -0.25) is 24.2 Å². The molecule has 0 atom stereocenters. The second-order valence-corrected chi connectivity index (χ2v) is 8.68. The van der Waals surface area contributed by atoms with Crippen LogP contribution in [0.15, 0.2) is 53.4 Å². The molecule has 0 bridgehead atoms. The number of para-hydroxylation sites is 1. The molecule has 164 valence electrons. The van der Waals surface area contributed by atoms with Gasteiger partial charge in [0.05, 0.1) is 22.8 Å². The minimum Gasteiger partial charge on any atom is -0.494 e. The molecule has 32 heavy (non-hydrogen) atoms. The zero-order chi connectivity index (χ0) is 22.8. The Morgan fingerprint density at radius 3 is 2.41 bits per heavy atom. The third-order valence-electron chi connectivity index (χ3n) is 5.07. The first-order chi connectivity index (χ1) is 15.4. The van der Waals surface area contributed by atoms with Crippen molar-refractivity contribution in [1.29, 1.82) is 0 Å². The average molecular weight is 468 g/mol. The molecule has 2 aromatic carbocycles. The number of nitrogens with zero attached hydrogens (tertiary/aromatic N) is 2. The number of rotatable bonds is 6. The van der Waals surface area contributed by atoms with Crippen LogP contribution in [0, 0.1) is 0 Å². The third kappa shape index (κ3) is 4.01. The molecular formula is C23H21N3O4S2. The van der Waals surface area contributed by atoms with E-state index in [4.69, 9.17) is 17.0 Å². The van der Waals surface area contributed by atoms with E-state index in [9.17, 15) is 14.4 Å². The van der Waals surface area contributed by atoms with Gasteiger partial charge in [-0.2, -0.15) is 0 Å². The Labute approximate surface area is 195 Å². The van der Waals surface area contributed by atoms with Crippen LogP contribution in [0.3, 0.4) is 0 Å². The maximum Gasteiger partial charge on any atom is 0.266 e. The van der Waals surface area contributed by atoms with Crippen molar-refractivity contribution in [2.45, 2.75) is 13.8 Å². The second kappa shape index (κ2) is 9.13. The van der Waals surface area contributed by atoms with Gasteiger partial charge in [0.1, 0.15) is 16.6 Å². The molecule has 2 aliphatic heterocycles. The van der Waals surface area contributed by atoms with Crippen LogP contribution >= 0.6 is 24.0 Å². The van der Waals surface area contributed by atoms with Crippen LogP contribution in [0.2, 0.25) is 0 Å². The number of carbonyl (C=O) groups excluding carboxylic acids is 3. The molecule has 2 heterocycles. The molecule has 1 fully saturated rings. The maximum atomic E-state index is 13.3. The molecule has 0 saturated carbocycles. The zero-order valence-electron chi connectivity index (χ0n) is 17.6. The number of nitrogens with one attached hydrogen (secondary N) is 1. The number of thiocarbonyl (C=S) groups is 1. The van der Waals surface area contributed by atoms with Gasteiger partial charge < -0.3 is 10.1 Å². The molecule has 0 unspecified atom stereocenters. The molecular weight excluding hydrogens is 446 g/mol. The largest absolute Gasteiger partial charge is 0.494 e. The summed E-state index contributed by atoms with van der Waals surface area (Å²) >= 11 is 6.43. The molecule has 3 amide bonds. The van der Waals surface area contributed by atoms with E-state index in [0.717, 1.165) is 11.8 Å². The van der Waals surface area contributed by atoms with Gasteiger partial charge in [-0.05, 0) is 44.2 Å². The molecule has 2 aliphatic rings. The molecule has 4 rings (SSSR count). The molecule has 1 saturated heterocycles. The summed E-state index contributed by atoms with van der Waals surface area (Å²) in [4.78, 5) is 42.1. The lowest BCUT2D eigenvalue weighted by atomic mass is 10.1. The average Bonchev–Trinajstić information content (AvgIpc) is 3.21. The van der Waals surface area contributed by atoms with E-state index in [2.05, 4.69) is 5.32 Å². The molecule has 0 radical (unpaired) electrons. The smallest absolute Gasteiger partial charge is 0.266 e. The highest BCUT2D eigenvalue weighted by atomic mass is 32.2. The lowest BCUT2D eigenvalue weighted by Crippen LogP contribution is -2.35. The van der Waals surface area contributed by atoms with Gasteiger partial charge >= 0.3 is 0 Å². The monoisotopic (exact) mass is 467 g/mol. The first-order valence-corrected chi connectivity index (χ1v) is 11.4. The molecule has 0 spiro atoms. The van der Waals surface area contributed by atoms with Crippen LogP contribution in [0.5, 0.6) is 5.75 Å². The maximum absolute atomic E-state index is 13.3. The molecule has 1 N–H and O–H groups in total. The van der Waals surface area contributed by atoms with E-state index >= 15 is 0 Å². The van der Waals surface area contributed by atoms with Crippen molar-refractivity contribution in [1.82, 2.24) is 4.90 Å². The summed E-state index contributed by atoms with van der Waals surface area (Å²) in [5, 5.41) is 2.80. The number of anilines is 2. The Morgan fingerprint density at radius 2 is 1.75 bits per heavy atom. The number of benzene rings is 2. The van der Waals surface area contributed by atoms with E-state index in [-0.39, 0.29) is 24.3 Å².